The lowest BCUT2D eigenvalue weighted by Crippen LogP contribution is -2.21. The van der Waals surface area contributed by atoms with Gasteiger partial charge in [0.15, 0.2) is 0 Å². The number of carbonyl (C=O) groups excluding carboxylic acids is 2. The summed E-state index contributed by atoms with van der Waals surface area (Å²) in [6.45, 7) is 0. The predicted octanol–water partition coefficient (Wildman–Crippen LogP) is 2.86. The molecular weight excluding hydrogens is 211 g/mol. The molecule has 74 valence electrons. The zero-order valence-electron chi connectivity index (χ0n) is 7.32. The molecule has 0 bridgehead atoms. The highest BCUT2D eigenvalue weighted by molar-refractivity contribution is 6.64. The topological polar surface area (TPSA) is 34.1 Å². The molecule has 1 aliphatic carbocycles. The minimum atomic E-state index is -0.361. The Kier molecular flexibility index (Phi) is 3.74. The maximum absolute atomic E-state index is 10.8. The van der Waals surface area contributed by atoms with E-state index in [9.17, 15) is 9.59 Å². The molecule has 0 saturated heterocycles. The molecule has 0 radical (unpaired) electrons. The van der Waals surface area contributed by atoms with Gasteiger partial charge in [0.2, 0.25) is 10.5 Å². The maximum atomic E-state index is 10.8. The maximum Gasteiger partial charge on any atom is 0.222 e. The number of rotatable bonds is 4. The summed E-state index contributed by atoms with van der Waals surface area (Å²) in [6, 6.07) is 0. The van der Waals surface area contributed by atoms with Crippen molar-refractivity contribution in [2.45, 2.75) is 38.5 Å². The summed E-state index contributed by atoms with van der Waals surface area (Å²) in [5.41, 5.74) is -0.225. The second-order valence-electron chi connectivity index (χ2n) is 3.77. The van der Waals surface area contributed by atoms with Gasteiger partial charge < -0.3 is 0 Å². The normalized spacial score (nSPS) is 20.2. The molecule has 4 heteroatoms. The van der Waals surface area contributed by atoms with Crippen LogP contribution in [0.5, 0.6) is 0 Å². The van der Waals surface area contributed by atoms with Gasteiger partial charge in [-0.2, -0.15) is 0 Å². The van der Waals surface area contributed by atoms with Crippen molar-refractivity contribution in [3.05, 3.63) is 0 Å². The number of halogens is 2. The van der Waals surface area contributed by atoms with Crippen LogP contribution in [0.2, 0.25) is 0 Å². The van der Waals surface area contributed by atoms with Gasteiger partial charge in [-0.15, -0.1) is 0 Å². The first-order valence-electron chi connectivity index (χ1n) is 4.41. The summed E-state index contributed by atoms with van der Waals surface area (Å²) >= 11 is 10.7. The third kappa shape index (κ3) is 3.28. The van der Waals surface area contributed by atoms with E-state index >= 15 is 0 Å². The average molecular weight is 223 g/mol. The van der Waals surface area contributed by atoms with Crippen LogP contribution in [-0.2, 0) is 9.59 Å². The smallest absolute Gasteiger partial charge is 0.222 e. The van der Waals surface area contributed by atoms with Gasteiger partial charge in [0.25, 0.3) is 0 Å². The fourth-order valence-electron chi connectivity index (χ4n) is 2.13. The third-order valence-corrected chi connectivity index (χ3v) is 2.96. The lowest BCUT2D eigenvalue weighted by atomic mass is 9.80. The largest absolute Gasteiger partial charge is 0.281 e. The van der Waals surface area contributed by atoms with Crippen molar-refractivity contribution in [2.24, 2.45) is 5.41 Å². The van der Waals surface area contributed by atoms with Crippen LogP contribution < -0.4 is 0 Å². The third-order valence-electron chi connectivity index (χ3n) is 2.69. The van der Waals surface area contributed by atoms with Crippen molar-refractivity contribution in [2.75, 3.05) is 0 Å². The van der Waals surface area contributed by atoms with Crippen molar-refractivity contribution < 1.29 is 9.59 Å². The van der Waals surface area contributed by atoms with E-state index < -0.39 is 0 Å². The Morgan fingerprint density at radius 1 is 1.00 bits per heavy atom. The molecule has 0 N–H and O–H groups in total. The highest BCUT2D eigenvalue weighted by atomic mass is 35.5. The highest BCUT2D eigenvalue weighted by Crippen LogP contribution is 2.44. The van der Waals surface area contributed by atoms with Crippen molar-refractivity contribution in [3.63, 3.8) is 0 Å². The Morgan fingerprint density at radius 3 is 1.69 bits per heavy atom. The van der Waals surface area contributed by atoms with E-state index in [2.05, 4.69) is 0 Å². The van der Waals surface area contributed by atoms with Gasteiger partial charge in [0.1, 0.15) is 0 Å². The molecule has 1 aliphatic rings. The summed E-state index contributed by atoms with van der Waals surface area (Å²) in [7, 11) is 0. The highest BCUT2D eigenvalue weighted by Gasteiger charge is 2.36. The van der Waals surface area contributed by atoms with Gasteiger partial charge in [0, 0.05) is 12.8 Å². The van der Waals surface area contributed by atoms with E-state index in [0.717, 1.165) is 25.7 Å². The molecule has 0 aromatic rings. The van der Waals surface area contributed by atoms with Crippen LogP contribution in [0.4, 0.5) is 0 Å². The first-order chi connectivity index (χ1) is 6.04. The summed E-state index contributed by atoms with van der Waals surface area (Å²) in [4.78, 5) is 21.6. The van der Waals surface area contributed by atoms with Gasteiger partial charge in [-0.1, -0.05) is 12.8 Å². The van der Waals surface area contributed by atoms with Gasteiger partial charge in [-0.3, -0.25) is 9.59 Å². The molecule has 0 unspecified atom stereocenters. The molecule has 1 fully saturated rings. The van der Waals surface area contributed by atoms with Gasteiger partial charge >= 0.3 is 0 Å². The molecule has 0 atom stereocenters. The molecule has 2 nitrogen and oxygen atoms in total. The van der Waals surface area contributed by atoms with Gasteiger partial charge in [-0.05, 0) is 41.5 Å². The standard InChI is InChI=1S/C9H12Cl2O2/c10-7(12)5-9(6-8(11)13)3-1-2-4-9/h1-6H2. The summed E-state index contributed by atoms with van der Waals surface area (Å²) in [6.07, 6.45) is 4.48. The summed E-state index contributed by atoms with van der Waals surface area (Å²) in [5.74, 6) is 0. The first-order valence-corrected chi connectivity index (χ1v) is 5.16. The Morgan fingerprint density at radius 2 is 1.38 bits per heavy atom. The first kappa shape index (κ1) is 11.0. The lowest BCUT2D eigenvalue weighted by molar-refractivity contribution is -0.116. The fourth-order valence-corrected chi connectivity index (χ4v) is 2.70. The average Bonchev–Trinajstić information content (AvgIpc) is 2.33. The van der Waals surface area contributed by atoms with E-state index in [1.54, 1.807) is 0 Å². The zero-order valence-corrected chi connectivity index (χ0v) is 8.83. The van der Waals surface area contributed by atoms with E-state index in [1.807, 2.05) is 0 Å². The fraction of sp³-hybridized carbons (Fsp3) is 0.778. The van der Waals surface area contributed by atoms with E-state index in [4.69, 9.17) is 23.2 Å². The van der Waals surface area contributed by atoms with Crippen molar-refractivity contribution >= 4 is 33.7 Å². The molecule has 0 spiro atoms. The van der Waals surface area contributed by atoms with Crippen LogP contribution in [-0.4, -0.2) is 10.5 Å². The summed E-state index contributed by atoms with van der Waals surface area (Å²) < 4.78 is 0. The molecule has 0 aliphatic heterocycles. The van der Waals surface area contributed by atoms with Crippen LogP contribution in [0.3, 0.4) is 0 Å². The summed E-state index contributed by atoms with van der Waals surface area (Å²) in [5, 5.41) is -0.723. The Hall–Kier alpha value is -0.0800. The van der Waals surface area contributed by atoms with E-state index in [-0.39, 0.29) is 28.7 Å². The zero-order chi connectivity index (χ0) is 9.90. The van der Waals surface area contributed by atoms with Gasteiger partial charge in [0.05, 0.1) is 0 Å². The molecule has 1 saturated carbocycles. The molecule has 0 aromatic carbocycles. The Balaban J connectivity index is 2.62. The van der Waals surface area contributed by atoms with Crippen molar-refractivity contribution in [3.8, 4) is 0 Å². The molecule has 0 aromatic heterocycles. The number of hydrogen-bond donors (Lipinski definition) is 0. The van der Waals surface area contributed by atoms with Crippen LogP contribution in [0.15, 0.2) is 0 Å². The van der Waals surface area contributed by atoms with E-state index in [0.29, 0.717) is 0 Å². The van der Waals surface area contributed by atoms with Crippen LogP contribution in [0.25, 0.3) is 0 Å². The van der Waals surface area contributed by atoms with Crippen molar-refractivity contribution in [1.29, 1.82) is 0 Å². The SMILES string of the molecule is O=C(Cl)CC1(CC(=O)Cl)CCCC1. The molecular formula is C9H12Cl2O2. The minimum Gasteiger partial charge on any atom is -0.281 e. The van der Waals surface area contributed by atoms with Crippen molar-refractivity contribution in [1.82, 2.24) is 0 Å². The number of carbonyl (C=O) groups is 2. The Labute approximate surface area is 87.6 Å². The van der Waals surface area contributed by atoms with Crippen LogP contribution >= 0.6 is 23.2 Å². The van der Waals surface area contributed by atoms with E-state index in [1.165, 1.54) is 0 Å². The lowest BCUT2D eigenvalue weighted by Gasteiger charge is -2.24. The van der Waals surface area contributed by atoms with Gasteiger partial charge in [-0.25, -0.2) is 0 Å². The number of hydrogen-bond acceptors (Lipinski definition) is 2. The van der Waals surface area contributed by atoms with Crippen LogP contribution in [0, 0.1) is 5.41 Å². The molecule has 1 rings (SSSR count). The molecule has 0 amide bonds. The second-order valence-corrected chi connectivity index (χ2v) is 4.61. The predicted molar refractivity (Wildman–Crippen MR) is 51.9 cm³/mol. The Bertz CT molecular complexity index is 202. The monoisotopic (exact) mass is 222 g/mol. The quantitative estimate of drug-likeness (QED) is 0.686. The molecule has 0 heterocycles. The molecule has 13 heavy (non-hydrogen) atoms. The minimum absolute atomic E-state index is 0.225. The van der Waals surface area contributed by atoms with Crippen LogP contribution in [0.1, 0.15) is 38.5 Å². The second kappa shape index (κ2) is 4.43.